The molecule has 0 amide bonds. The van der Waals surface area contributed by atoms with Gasteiger partial charge in [0, 0.05) is 59.8 Å². The first-order valence-corrected chi connectivity index (χ1v) is 28.2. The number of nitrogens with two attached hydrogens (primary N) is 2. The number of carbonyl (C=O) groups is 4. The van der Waals surface area contributed by atoms with Crippen LogP contribution in [0.15, 0.2) is 159 Å². The number of carbonyl (C=O) groups excluding carboxylic acids is 4. The Hall–Kier alpha value is -11.0. The molecule has 4 aromatic carbocycles. The van der Waals surface area contributed by atoms with E-state index < -0.39 is 11.6 Å². The molecule has 16 heteroatoms. The number of aryl methyl sites for hydroxylation is 8. The molecule has 0 unspecified atom stereocenters. The molecule has 0 saturated carbocycles. The van der Waals surface area contributed by atoms with Gasteiger partial charge in [0.2, 0.25) is 23.1 Å². The highest BCUT2D eigenvalue weighted by molar-refractivity contribution is 6.53. The SMILES string of the molecule is Cc1cc[n+]2c3c1C(=O)C(=O)c1c(C)cc[n+](c1-3)C2.Cc1cc[n+]2c3c1c1nc4ccccc4nc1c1c(C)cc[n+](c13)C2.Cc1ccnc2c1C(=O)C(=O)c1c(C)ccnc1-2.Cc1ccnc2c1ccc1c(C)ccnc12.Nc1ccccc1N. The predicted molar refractivity (Wildman–Crippen MR) is 331 cm³/mol. The van der Waals surface area contributed by atoms with Crippen molar-refractivity contribution in [2.75, 3.05) is 11.5 Å². The molecular weight excluding hydrogens is 1070 g/mol. The Morgan fingerprint density at radius 2 is 0.686 bits per heavy atom. The number of fused-ring (bicyclic) bond motifs is 10. The van der Waals surface area contributed by atoms with Crippen LogP contribution in [0.4, 0.5) is 11.4 Å². The minimum Gasteiger partial charge on any atom is -0.397 e. The average molecular weight is 1130 g/mol. The fourth-order valence-electron chi connectivity index (χ4n) is 12.2. The first-order chi connectivity index (χ1) is 41.5. The van der Waals surface area contributed by atoms with Crippen LogP contribution in [0.2, 0.25) is 0 Å². The summed E-state index contributed by atoms with van der Waals surface area (Å²) < 4.78 is 8.71. The first-order valence-electron chi connectivity index (χ1n) is 28.2. The highest BCUT2D eigenvalue weighted by Crippen LogP contribution is 2.37. The molecule has 418 valence electrons. The van der Waals surface area contributed by atoms with E-state index in [-0.39, 0.29) is 11.6 Å². The summed E-state index contributed by atoms with van der Waals surface area (Å²) >= 11 is 0. The van der Waals surface area contributed by atoms with E-state index in [0.717, 1.165) is 73.4 Å². The number of anilines is 2. The van der Waals surface area contributed by atoms with E-state index in [2.05, 4.69) is 93.4 Å². The lowest BCUT2D eigenvalue weighted by molar-refractivity contribution is -0.877. The van der Waals surface area contributed by atoms with E-state index in [4.69, 9.17) is 21.4 Å². The summed E-state index contributed by atoms with van der Waals surface area (Å²) in [6.45, 7) is 17.4. The molecule has 0 atom stereocenters. The molecule has 17 rings (SSSR count). The van der Waals surface area contributed by atoms with Crippen LogP contribution in [0, 0.1) is 55.4 Å². The van der Waals surface area contributed by atoms with Crippen molar-refractivity contribution in [2.45, 2.75) is 68.7 Å². The highest BCUT2D eigenvalue weighted by Gasteiger charge is 2.49. The summed E-state index contributed by atoms with van der Waals surface area (Å²) in [5, 5.41) is 4.82. The first kappa shape index (κ1) is 54.3. The third kappa shape index (κ3) is 8.75. The molecule has 9 aromatic heterocycles. The minimum atomic E-state index is -0.487. The number of ketones is 4. The van der Waals surface area contributed by atoms with Crippen molar-refractivity contribution in [3.63, 3.8) is 0 Å². The smallest absolute Gasteiger partial charge is 0.345 e. The van der Waals surface area contributed by atoms with Crippen molar-refractivity contribution >= 4 is 100 Å². The Morgan fingerprint density at radius 3 is 1.10 bits per heavy atom. The lowest BCUT2D eigenvalue weighted by atomic mass is 9.86. The number of rotatable bonds is 0. The summed E-state index contributed by atoms with van der Waals surface area (Å²) in [4.78, 5) is 76.4. The van der Waals surface area contributed by atoms with Crippen LogP contribution in [0.1, 0.15) is 85.9 Å². The van der Waals surface area contributed by atoms with Gasteiger partial charge in [0.1, 0.15) is 33.5 Å². The number of hydrogen-bond donors (Lipinski definition) is 2. The van der Waals surface area contributed by atoms with Gasteiger partial charge in [0.15, 0.2) is 24.8 Å². The summed E-state index contributed by atoms with van der Waals surface area (Å²) in [5.74, 6) is -1.73. The molecular formula is C70H58N12O4+4. The molecule has 2 aliphatic carbocycles. The molecule has 16 nitrogen and oxygen atoms in total. The zero-order valence-corrected chi connectivity index (χ0v) is 48.7. The normalized spacial score (nSPS) is 12.7. The van der Waals surface area contributed by atoms with Gasteiger partial charge in [0.05, 0.1) is 55.3 Å². The van der Waals surface area contributed by atoms with Crippen molar-refractivity contribution in [1.82, 2.24) is 29.9 Å². The molecule has 0 saturated heterocycles. The summed E-state index contributed by atoms with van der Waals surface area (Å²) in [6, 6.07) is 35.3. The number of benzene rings is 4. The van der Waals surface area contributed by atoms with Crippen LogP contribution < -0.4 is 29.7 Å². The zero-order chi connectivity index (χ0) is 60.0. The van der Waals surface area contributed by atoms with Crippen molar-refractivity contribution in [3.05, 3.63) is 226 Å². The van der Waals surface area contributed by atoms with Gasteiger partial charge in [-0.1, -0.05) is 36.4 Å². The Labute approximate surface area is 493 Å². The Morgan fingerprint density at radius 1 is 0.349 bits per heavy atom. The predicted octanol–water partition coefficient (Wildman–Crippen LogP) is 10.2. The van der Waals surface area contributed by atoms with Crippen molar-refractivity contribution in [1.29, 1.82) is 0 Å². The maximum absolute atomic E-state index is 12.4. The highest BCUT2D eigenvalue weighted by atomic mass is 16.2. The van der Waals surface area contributed by atoms with Gasteiger partial charge in [-0.3, -0.25) is 39.1 Å². The lowest BCUT2D eigenvalue weighted by Gasteiger charge is -2.18. The van der Waals surface area contributed by atoms with Crippen LogP contribution in [0.3, 0.4) is 0 Å². The van der Waals surface area contributed by atoms with E-state index in [1.165, 1.54) is 54.8 Å². The van der Waals surface area contributed by atoms with Gasteiger partial charge in [-0.2, -0.15) is 0 Å². The molecule has 0 radical (unpaired) electrons. The quantitative estimate of drug-likeness (QED) is 0.0477. The van der Waals surface area contributed by atoms with E-state index in [1.807, 2.05) is 108 Å². The van der Waals surface area contributed by atoms with Gasteiger partial charge in [0.25, 0.3) is 22.4 Å². The van der Waals surface area contributed by atoms with E-state index in [1.54, 1.807) is 50.5 Å². The number of Topliss-reactive ketones (excluding diaryl/α,β-unsaturated/α-hetero) is 4. The third-order valence-electron chi connectivity index (χ3n) is 16.7. The maximum atomic E-state index is 12.4. The Kier molecular flexibility index (Phi) is 13.3. The second-order valence-corrected chi connectivity index (χ2v) is 22.2. The monoisotopic (exact) mass is 1130 g/mol. The summed E-state index contributed by atoms with van der Waals surface area (Å²) in [7, 11) is 0. The van der Waals surface area contributed by atoms with E-state index >= 15 is 0 Å². The van der Waals surface area contributed by atoms with Gasteiger partial charge >= 0.3 is 13.3 Å². The fourth-order valence-corrected chi connectivity index (χ4v) is 12.2. The van der Waals surface area contributed by atoms with Gasteiger partial charge in [-0.25, -0.2) is 9.97 Å². The molecule has 11 heterocycles. The number of hydrogen-bond acceptors (Lipinski definition) is 12. The standard InChI is InChI=1S/C21H16N4.C15H12N2O2.C14H10N2O2.C14H12N2.C6H8N2/c1-12-7-9-24-11-25-10-8-13(2)17-19-18(16(12)20(24)21(17)25)22-14-5-3-4-6-15(14)23-19;1-8-3-5-16-7-17-6-4-9(2)11-13(17)12(16)10(8)14(18)15(11)19;1-7-3-5-15-11-9(7)13(17)14(18)10-8(2)4-6-16-12(10)11;1-9-5-7-15-13-11(9)3-4-12-10(2)6-8-16-14(12)13;7-5-3-1-2-4-6(5)8/h3-10H,11H2,1-2H3;3-6H,7H2,1-2H3;3-6H,1-2H3;3-8H,1-2H3;1-4H,7-8H2/q2*+2;;;. The largest absolute Gasteiger partial charge is 0.397 e. The maximum Gasteiger partial charge on any atom is 0.345 e. The third-order valence-corrected chi connectivity index (χ3v) is 16.7. The topological polar surface area (TPSA) is 213 Å². The summed E-state index contributed by atoms with van der Waals surface area (Å²) in [5.41, 5.74) is 33.5. The number of pyridine rings is 8. The molecule has 13 aromatic rings. The lowest BCUT2D eigenvalue weighted by Crippen LogP contribution is -2.45. The van der Waals surface area contributed by atoms with Crippen LogP contribution >= 0.6 is 0 Å². The zero-order valence-electron chi connectivity index (χ0n) is 48.7. The Bertz CT molecular complexity index is 4860. The molecule has 4 N–H and O–H groups in total. The molecule has 0 fully saturated rings. The second-order valence-electron chi connectivity index (χ2n) is 22.2. The average Bonchev–Trinajstić information content (AvgIpc) is 1.50. The number of aromatic nitrogens is 10. The number of nitrogen functional groups attached to an aromatic ring is 2. The molecule has 86 heavy (non-hydrogen) atoms. The van der Waals surface area contributed by atoms with E-state index in [0.29, 0.717) is 51.7 Å². The Balaban J connectivity index is 0.000000103. The number of nitrogens with zero attached hydrogens (tertiary/aromatic N) is 10. The van der Waals surface area contributed by atoms with Gasteiger partial charge < -0.3 is 11.5 Å². The summed E-state index contributed by atoms with van der Waals surface area (Å²) in [6.07, 6.45) is 15.3. The van der Waals surface area contributed by atoms with Crippen molar-refractivity contribution in [3.8, 4) is 22.8 Å². The second kappa shape index (κ2) is 21.0. The fraction of sp³-hybridized carbons (Fsp3) is 0.143. The minimum absolute atomic E-state index is 0.378. The van der Waals surface area contributed by atoms with Crippen LogP contribution in [-0.2, 0) is 13.3 Å². The molecule has 2 aliphatic heterocycles. The van der Waals surface area contributed by atoms with Crippen LogP contribution in [0.25, 0.3) is 88.5 Å². The molecule has 4 aliphatic rings. The van der Waals surface area contributed by atoms with Crippen LogP contribution in [0.5, 0.6) is 0 Å². The van der Waals surface area contributed by atoms with E-state index in [9.17, 15) is 19.2 Å². The van der Waals surface area contributed by atoms with Gasteiger partial charge in [-0.15, -0.1) is 18.3 Å². The van der Waals surface area contributed by atoms with Gasteiger partial charge in [-0.05, 0) is 148 Å². The molecule has 0 spiro atoms. The van der Waals surface area contributed by atoms with Crippen molar-refractivity contribution in [2.24, 2.45) is 0 Å². The molecule has 0 bridgehead atoms. The van der Waals surface area contributed by atoms with Crippen molar-refractivity contribution < 1.29 is 37.4 Å². The number of para-hydroxylation sites is 4. The van der Waals surface area contributed by atoms with Crippen LogP contribution in [-0.4, -0.2) is 53.0 Å².